The Morgan fingerprint density at radius 1 is 1.16 bits per heavy atom. The maximum Gasteiger partial charge on any atom is 0.0130 e. The summed E-state index contributed by atoms with van der Waals surface area (Å²) in [6.45, 7) is 3.47. The molecule has 1 aromatic carbocycles. The van der Waals surface area contributed by atoms with Gasteiger partial charge in [0.25, 0.3) is 0 Å². The molecule has 0 saturated heterocycles. The van der Waals surface area contributed by atoms with Gasteiger partial charge in [-0.2, -0.15) is 0 Å². The smallest absolute Gasteiger partial charge is 0.0130 e. The van der Waals surface area contributed by atoms with Crippen LogP contribution in [0.15, 0.2) is 30.3 Å². The molecule has 2 fully saturated rings. The second-order valence-electron chi connectivity index (χ2n) is 6.44. The normalized spacial score (nSPS) is 28.5. The number of nitrogens with one attached hydrogen (secondary N) is 1. The molecule has 2 saturated carbocycles. The average molecular weight is 257 g/mol. The highest BCUT2D eigenvalue weighted by molar-refractivity contribution is 5.27. The summed E-state index contributed by atoms with van der Waals surface area (Å²) in [6, 6.07) is 11.9. The van der Waals surface area contributed by atoms with Crippen LogP contribution in [0.25, 0.3) is 0 Å². The molecule has 19 heavy (non-hydrogen) atoms. The highest BCUT2D eigenvalue weighted by atomic mass is 14.9. The van der Waals surface area contributed by atoms with Crippen molar-refractivity contribution in [2.45, 2.75) is 57.4 Å². The second kappa shape index (κ2) is 6.09. The highest BCUT2D eigenvalue weighted by Crippen LogP contribution is 2.52. The van der Waals surface area contributed by atoms with E-state index in [0.29, 0.717) is 0 Å². The zero-order valence-electron chi connectivity index (χ0n) is 12.1. The highest BCUT2D eigenvalue weighted by Gasteiger charge is 2.46. The lowest BCUT2D eigenvalue weighted by Gasteiger charge is -2.25. The Labute approximate surface area is 117 Å². The van der Waals surface area contributed by atoms with Gasteiger partial charge < -0.3 is 5.32 Å². The third-order valence-electron chi connectivity index (χ3n) is 5.07. The molecule has 1 heteroatoms. The average Bonchev–Trinajstić information content (AvgIpc) is 3.05. The number of rotatable bonds is 6. The van der Waals surface area contributed by atoms with Crippen molar-refractivity contribution in [1.29, 1.82) is 0 Å². The first-order valence-electron chi connectivity index (χ1n) is 8.18. The Kier molecular flexibility index (Phi) is 4.22. The van der Waals surface area contributed by atoms with Crippen LogP contribution in [0.2, 0.25) is 0 Å². The summed E-state index contributed by atoms with van der Waals surface area (Å²) in [5.41, 5.74) is 1.56. The molecule has 0 aliphatic heterocycles. The van der Waals surface area contributed by atoms with Crippen LogP contribution in [0, 0.1) is 11.8 Å². The fourth-order valence-corrected chi connectivity index (χ4v) is 3.99. The molecule has 1 aromatic rings. The molecule has 2 aliphatic rings. The van der Waals surface area contributed by atoms with E-state index in [9.17, 15) is 0 Å². The number of hydrogen-bond donors (Lipinski definition) is 1. The van der Waals surface area contributed by atoms with E-state index < -0.39 is 0 Å². The monoisotopic (exact) mass is 257 g/mol. The van der Waals surface area contributed by atoms with Crippen LogP contribution in [0.5, 0.6) is 0 Å². The second-order valence-corrected chi connectivity index (χ2v) is 6.44. The number of hydrogen-bond acceptors (Lipinski definition) is 1. The van der Waals surface area contributed by atoms with Gasteiger partial charge in [-0.05, 0) is 55.5 Å². The van der Waals surface area contributed by atoms with Gasteiger partial charge in [-0.15, -0.1) is 0 Å². The molecule has 1 nitrogen and oxygen atoms in total. The van der Waals surface area contributed by atoms with Gasteiger partial charge in [-0.1, -0.05) is 50.1 Å². The van der Waals surface area contributed by atoms with Crippen molar-refractivity contribution < 1.29 is 0 Å². The van der Waals surface area contributed by atoms with Crippen LogP contribution < -0.4 is 5.32 Å². The first kappa shape index (κ1) is 13.2. The lowest BCUT2D eigenvalue weighted by atomic mass is 9.92. The molecule has 1 N–H and O–H groups in total. The predicted octanol–water partition coefficient (Wildman–Crippen LogP) is 4.35. The van der Waals surface area contributed by atoms with E-state index in [4.69, 9.17) is 0 Å². The van der Waals surface area contributed by atoms with E-state index in [1.165, 1.54) is 45.1 Å². The molecule has 3 rings (SSSR count). The summed E-state index contributed by atoms with van der Waals surface area (Å²) in [5, 5.41) is 3.87. The van der Waals surface area contributed by atoms with Gasteiger partial charge in [0.1, 0.15) is 0 Å². The minimum Gasteiger partial charge on any atom is -0.313 e. The fraction of sp³-hybridized carbons (Fsp3) is 0.667. The molecule has 2 aliphatic carbocycles. The van der Waals surface area contributed by atoms with Crippen LogP contribution in [0.4, 0.5) is 0 Å². The number of benzene rings is 1. The molecule has 3 unspecified atom stereocenters. The van der Waals surface area contributed by atoms with Crippen molar-refractivity contribution in [3.05, 3.63) is 35.9 Å². The molecule has 0 spiro atoms. The Morgan fingerprint density at radius 2 is 1.89 bits per heavy atom. The summed E-state index contributed by atoms with van der Waals surface area (Å²) in [4.78, 5) is 0. The molecule has 104 valence electrons. The van der Waals surface area contributed by atoms with Gasteiger partial charge in [0.2, 0.25) is 0 Å². The Morgan fingerprint density at radius 3 is 2.58 bits per heavy atom. The van der Waals surface area contributed by atoms with Gasteiger partial charge in [0.15, 0.2) is 0 Å². The Hall–Kier alpha value is -0.820. The van der Waals surface area contributed by atoms with Gasteiger partial charge >= 0.3 is 0 Å². The molecule has 0 amide bonds. The minimum absolute atomic E-state index is 0.785. The standard InChI is InChI=1S/C18H27N/c1-2-12-19-18(15-10-6-7-11-15)17-13-16(17)14-8-4-3-5-9-14/h3-5,8-9,15-19H,2,6-7,10-13H2,1H3. The summed E-state index contributed by atoms with van der Waals surface area (Å²) in [5.74, 6) is 2.68. The molecule has 0 radical (unpaired) electrons. The topological polar surface area (TPSA) is 12.0 Å². The fourth-order valence-electron chi connectivity index (χ4n) is 3.99. The maximum absolute atomic E-state index is 3.87. The summed E-state index contributed by atoms with van der Waals surface area (Å²) >= 11 is 0. The van der Waals surface area contributed by atoms with Crippen molar-refractivity contribution in [2.75, 3.05) is 6.54 Å². The first-order valence-corrected chi connectivity index (χ1v) is 8.18. The minimum atomic E-state index is 0.785. The molecular weight excluding hydrogens is 230 g/mol. The van der Waals surface area contributed by atoms with E-state index >= 15 is 0 Å². The molecule has 0 bridgehead atoms. The summed E-state index contributed by atoms with van der Waals surface area (Å²) in [6.07, 6.45) is 8.49. The van der Waals surface area contributed by atoms with Crippen LogP contribution >= 0.6 is 0 Å². The summed E-state index contributed by atoms with van der Waals surface area (Å²) < 4.78 is 0. The third-order valence-corrected chi connectivity index (χ3v) is 5.07. The molecule has 3 atom stereocenters. The van der Waals surface area contributed by atoms with Gasteiger partial charge in [-0.3, -0.25) is 0 Å². The van der Waals surface area contributed by atoms with Crippen molar-refractivity contribution in [2.24, 2.45) is 11.8 Å². The van der Waals surface area contributed by atoms with Crippen molar-refractivity contribution >= 4 is 0 Å². The van der Waals surface area contributed by atoms with Crippen molar-refractivity contribution in [1.82, 2.24) is 5.32 Å². The van der Waals surface area contributed by atoms with Crippen LogP contribution in [0.1, 0.15) is 56.9 Å². The molecular formula is C18H27N. The quantitative estimate of drug-likeness (QED) is 0.799. The van der Waals surface area contributed by atoms with Gasteiger partial charge in [0, 0.05) is 6.04 Å². The van der Waals surface area contributed by atoms with Gasteiger partial charge in [0.05, 0.1) is 0 Å². The van der Waals surface area contributed by atoms with E-state index in [0.717, 1.165) is 23.8 Å². The SMILES string of the molecule is CCCNC(C1CCCC1)C1CC1c1ccccc1. The largest absolute Gasteiger partial charge is 0.313 e. The van der Waals surface area contributed by atoms with Crippen LogP contribution in [0.3, 0.4) is 0 Å². The Balaban J connectivity index is 1.64. The summed E-state index contributed by atoms with van der Waals surface area (Å²) in [7, 11) is 0. The Bertz CT molecular complexity index is 380. The van der Waals surface area contributed by atoms with Gasteiger partial charge in [-0.25, -0.2) is 0 Å². The van der Waals surface area contributed by atoms with Crippen LogP contribution in [-0.2, 0) is 0 Å². The predicted molar refractivity (Wildman–Crippen MR) is 81.3 cm³/mol. The van der Waals surface area contributed by atoms with Crippen molar-refractivity contribution in [3.8, 4) is 0 Å². The van der Waals surface area contributed by atoms with E-state index in [1.54, 1.807) is 5.56 Å². The van der Waals surface area contributed by atoms with Crippen LogP contribution in [-0.4, -0.2) is 12.6 Å². The van der Waals surface area contributed by atoms with Crippen molar-refractivity contribution in [3.63, 3.8) is 0 Å². The van der Waals surface area contributed by atoms with E-state index in [-0.39, 0.29) is 0 Å². The lowest BCUT2D eigenvalue weighted by Crippen LogP contribution is -2.38. The molecule has 0 heterocycles. The first-order chi connectivity index (χ1) is 9.40. The molecule has 0 aromatic heterocycles. The maximum atomic E-state index is 3.87. The van der Waals surface area contributed by atoms with E-state index in [1.807, 2.05) is 0 Å². The lowest BCUT2D eigenvalue weighted by molar-refractivity contribution is 0.321. The zero-order chi connectivity index (χ0) is 13.1. The van der Waals surface area contributed by atoms with E-state index in [2.05, 4.69) is 42.6 Å². The third kappa shape index (κ3) is 3.02. The zero-order valence-corrected chi connectivity index (χ0v) is 12.1.